The lowest BCUT2D eigenvalue weighted by Gasteiger charge is -2.13. The number of nitrogens with zero attached hydrogens (tertiary/aromatic N) is 4. The van der Waals surface area contributed by atoms with Crippen molar-refractivity contribution in [1.29, 1.82) is 0 Å². The van der Waals surface area contributed by atoms with Crippen LogP contribution in [0.1, 0.15) is 17.2 Å². The standard InChI is InChI=1S/C18H13ClN4OS/c1-10-2-4-12(5-3-10)16-20-18-23(21-16)17-15(25-18)14(24-22-17)11-6-8-13(19)9-7-11/h2-9,14-15H,1H3. The number of aromatic nitrogens is 3. The maximum absolute atomic E-state index is 5.97. The molecule has 5 rings (SSSR count). The van der Waals surface area contributed by atoms with Gasteiger partial charge in [-0.05, 0) is 24.6 Å². The number of oxime groups is 1. The minimum absolute atomic E-state index is 0.0586. The number of rotatable bonds is 2. The molecule has 124 valence electrons. The lowest BCUT2D eigenvalue weighted by molar-refractivity contribution is 0.0881. The normalized spacial score (nSPS) is 20.8. The van der Waals surface area contributed by atoms with Crippen molar-refractivity contribution in [2.45, 2.75) is 23.4 Å². The average molecular weight is 369 g/mol. The van der Waals surface area contributed by atoms with Crippen LogP contribution in [0.25, 0.3) is 11.4 Å². The average Bonchev–Trinajstić information content (AvgIpc) is 3.27. The van der Waals surface area contributed by atoms with Crippen LogP contribution in [0.4, 0.5) is 0 Å². The minimum atomic E-state index is -0.149. The van der Waals surface area contributed by atoms with Gasteiger partial charge >= 0.3 is 0 Å². The summed E-state index contributed by atoms with van der Waals surface area (Å²) in [5.74, 6) is 1.50. The summed E-state index contributed by atoms with van der Waals surface area (Å²) < 4.78 is 1.79. The number of thioether (sulfide) groups is 1. The summed E-state index contributed by atoms with van der Waals surface area (Å²) in [6.07, 6.45) is -0.149. The van der Waals surface area contributed by atoms with E-state index in [0.29, 0.717) is 10.8 Å². The van der Waals surface area contributed by atoms with Crippen LogP contribution in [0.2, 0.25) is 5.02 Å². The monoisotopic (exact) mass is 368 g/mol. The fraction of sp³-hybridized carbons (Fsp3) is 0.167. The second kappa shape index (κ2) is 5.61. The SMILES string of the molecule is Cc1ccc(-c2nc3n(n2)C2=NOC(c4ccc(Cl)cc4)C2S3)cc1. The van der Waals surface area contributed by atoms with E-state index in [1.165, 1.54) is 5.56 Å². The molecular formula is C18H13ClN4OS. The fourth-order valence-corrected chi connectivity index (χ4v) is 4.28. The molecule has 0 saturated heterocycles. The van der Waals surface area contributed by atoms with E-state index in [0.717, 1.165) is 22.1 Å². The van der Waals surface area contributed by atoms with Crippen LogP contribution < -0.4 is 0 Å². The Morgan fingerprint density at radius 1 is 1.08 bits per heavy atom. The molecule has 2 aromatic carbocycles. The second-order valence-corrected chi connectivity index (χ2v) is 7.61. The van der Waals surface area contributed by atoms with Crippen LogP contribution >= 0.6 is 23.4 Å². The molecule has 2 aliphatic rings. The first-order chi connectivity index (χ1) is 12.2. The van der Waals surface area contributed by atoms with Crippen molar-refractivity contribution >= 4 is 29.2 Å². The second-order valence-electron chi connectivity index (χ2n) is 6.06. The molecule has 0 spiro atoms. The van der Waals surface area contributed by atoms with Crippen molar-refractivity contribution in [3.63, 3.8) is 0 Å². The molecule has 25 heavy (non-hydrogen) atoms. The molecule has 3 aromatic rings. The molecule has 3 heterocycles. The molecule has 0 aliphatic carbocycles. The Morgan fingerprint density at radius 3 is 2.60 bits per heavy atom. The Labute approximate surface area is 153 Å². The first-order valence-electron chi connectivity index (χ1n) is 7.89. The summed E-state index contributed by atoms with van der Waals surface area (Å²) in [7, 11) is 0. The van der Waals surface area contributed by atoms with E-state index in [1.54, 1.807) is 16.4 Å². The van der Waals surface area contributed by atoms with Crippen molar-refractivity contribution < 1.29 is 4.84 Å². The molecule has 7 heteroatoms. The Kier molecular flexibility index (Phi) is 3.36. The molecule has 0 bridgehead atoms. The predicted octanol–water partition coefficient (Wildman–Crippen LogP) is 4.31. The van der Waals surface area contributed by atoms with Gasteiger partial charge < -0.3 is 4.84 Å². The van der Waals surface area contributed by atoms with E-state index < -0.39 is 0 Å². The number of hydrogen-bond acceptors (Lipinski definition) is 5. The summed E-state index contributed by atoms with van der Waals surface area (Å²) in [4.78, 5) is 10.3. The number of benzene rings is 2. The highest BCUT2D eigenvalue weighted by molar-refractivity contribution is 8.01. The van der Waals surface area contributed by atoms with E-state index in [-0.39, 0.29) is 11.4 Å². The van der Waals surface area contributed by atoms with Crippen molar-refractivity contribution in [3.05, 3.63) is 64.7 Å². The largest absolute Gasteiger partial charge is 0.384 e. The third-order valence-electron chi connectivity index (χ3n) is 4.32. The Bertz CT molecular complexity index is 981. The van der Waals surface area contributed by atoms with E-state index in [9.17, 15) is 0 Å². The Balaban J connectivity index is 1.45. The van der Waals surface area contributed by atoms with Crippen LogP contribution in [0.15, 0.2) is 58.8 Å². The van der Waals surface area contributed by atoms with Gasteiger partial charge in [-0.2, -0.15) is 4.68 Å². The van der Waals surface area contributed by atoms with Crippen molar-refractivity contribution in [3.8, 4) is 11.4 Å². The van der Waals surface area contributed by atoms with Crippen LogP contribution in [0, 0.1) is 6.92 Å². The molecule has 2 aliphatic heterocycles. The highest BCUT2D eigenvalue weighted by Crippen LogP contribution is 2.44. The van der Waals surface area contributed by atoms with Gasteiger partial charge in [0.05, 0.1) is 0 Å². The van der Waals surface area contributed by atoms with Crippen LogP contribution in [0.3, 0.4) is 0 Å². The van der Waals surface area contributed by atoms with Crippen LogP contribution in [-0.2, 0) is 4.84 Å². The molecule has 1 aromatic heterocycles. The summed E-state index contributed by atoms with van der Waals surface area (Å²) in [6.45, 7) is 2.06. The lowest BCUT2D eigenvalue weighted by Crippen LogP contribution is -2.21. The van der Waals surface area contributed by atoms with Gasteiger partial charge in [0.25, 0.3) is 0 Å². The van der Waals surface area contributed by atoms with Crippen molar-refractivity contribution in [1.82, 2.24) is 14.8 Å². The number of fused-ring (bicyclic) bond motifs is 3. The van der Waals surface area contributed by atoms with Crippen molar-refractivity contribution in [2.24, 2.45) is 5.16 Å². The van der Waals surface area contributed by atoms with Gasteiger partial charge in [-0.3, -0.25) is 0 Å². The number of aryl methyl sites for hydroxylation is 1. The first-order valence-corrected chi connectivity index (χ1v) is 9.15. The first kappa shape index (κ1) is 15.0. The number of hydrogen-bond donors (Lipinski definition) is 0. The molecule has 0 saturated carbocycles. The molecule has 5 nitrogen and oxygen atoms in total. The smallest absolute Gasteiger partial charge is 0.193 e. The lowest BCUT2D eigenvalue weighted by atomic mass is 10.1. The third-order valence-corrected chi connectivity index (χ3v) is 5.76. The van der Waals surface area contributed by atoms with Gasteiger partial charge in [0, 0.05) is 10.6 Å². The molecular weight excluding hydrogens is 356 g/mol. The molecule has 0 radical (unpaired) electrons. The van der Waals surface area contributed by atoms with Gasteiger partial charge in [0.2, 0.25) is 0 Å². The zero-order valence-electron chi connectivity index (χ0n) is 13.3. The predicted molar refractivity (Wildman–Crippen MR) is 98.0 cm³/mol. The fourth-order valence-electron chi connectivity index (χ4n) is 2.98. The molecule has 0 N–H and O–H groups in total. The van der Waals surface area contributed by atoms with E-state index in [4.69, 9.17) is 16.4 Å². The van der Waals surface area contributed by atoms with E-state index >= 15 is 0 Å². The molecule has 0 fully saturated rings. The van der Waals surface area contributed by atoms with Crippen LogP contribution in [0.5, 0.6) is 0 Å². The maximum atomic E-state index is 5.97. The molecule has 2 unspecified atom stereocenters. The zero-order chi connectivity index (χ0) is 17.0. The summed E-state index contributed by atoms with van der Waals surface area (Å²) >= 11 is 7.60. The quantitative estimate of drug-likeness (QED) is 0.676. The van der Waals surface area contributed by atoms with Crippen LogP contribution in [-0.4, -0.2) is 25.9 Å². The maximum Gasteiger partial charge on any atom is 0.193 e. The zero-order valence-corrected chi connectivity index (χ0v) is 14.8. The summed E-state index contributed by atoms with van der Waals surface area (Å²) in [6, 6.07) is 15.9. The highest BCUT2D eigenvalue weighted by Gasteiger charge is 2.45. The molecule has 0 amide bonds. The highest BCUT2D eigenvalue weighted by atomic mass is 35.5. The van der Waals surface area contributed by atoms with Gasteiger partial charge in [-0.1, -0.05) is 70.5 Å². The van der Waals surface area contributed by atoms with Gasteiger partial charge in [-0.25, -0.2) is 4.98 Å². The van der Waals surface area contributed by atoms with E-state index in [1.807, 2.05) is 36.4 Å². The Morgan fingerprint density at radius 2 is 1.84 bits per heavy atom. The summed E-state index contributed by atoms with van der Waals surface area (Å²) in [5.41, 5.74) is 3.26. The summed E-state index contributed by atoms with van der Waals surface area (Å²) in [5, 5.41) is 10.5. The topological polar surface area (TPSA) is 52.3 Å². The molecule has 2 atom stereocenters. The van der Waals surface area contributed by atoms with Gasteiger partial charge in [0.15, 0.2) is 22.9 Å². The van der Waals surface area contributed by atoms with E-state index in [2.05, 4.69) is 34.3 Å². The van der Waals surface area contributed by atoms with Gasteiger partial charge in [-0.15, -0.1) is 5.10 Å². The minimum Gasteiger partial charge on any atom is -0.384 e. The van der Waals surface area contributed by atoms with Crippen molar-refractivity contribution in [2.75, 3.05) is 0 Å². The van der Waals surface area contributed by atoms with Gasteiger partial charge in [0.1, 0.15) is 5.25 Å². The third kappa shape index (κ3) is 2.44. The Hall–Kier alpha value is -2.31. The number of halogens is 1.